The van der Waals surface area contributed by atoms with Crippen molar-refractivity contribution in [3.05, 3.63) is 52.7 Å². The monoisotopic (exact) mass is 324 g/mol. The van der Waals surface area contributed by atoms with Crippen LogP contribution in [0.3, 0.4) is 0 Å². The van der Waals surface area contributed by atoms with Crippen LogP contribution in [0, 0.1) is 0 Å². The molecule has 0 saturated heterocycles. The van der Waals surface area contributed by atoms with E-state index in [4.69, 9.17) is 5.73 Å². The van der Waals surface area contributed by atoms with Crippen LogP contribution in [0.25, 0.3) is 17.0 Å². The minimum atomic E-state index is 0.712. The van der Waals surface area contributed by atoms with E-state index < -0.39 is 0 Å². The maximum atomic E-state index is 5.80. The standard InChI is InChI=1S/C18H20N4S/c19-18-21-16-6-10-22(11-7-17(16)23-18)9-1-2-13-3-4-15-14(12-13)5-8-20-15/h1-5,8,12,20H,6-7,9-11H2,(H2,19,21). The summed E-state index contributed by atoms with van der Waals surface area (Å²) in [5, 5.41) is 1.97. The molecule has 0 radical (unpaired) electrons. The number of hydrogen-bond donors (Lipinski definition) is 2. The van der Waals surface area contributed by atoms with Gasteiger partial charge >= 0.3 is 0 Å². The second-order valence-corrected chi connectivity index (χ2v) is 7.06. The van der Waals surface area contributed by atoms with Crippen molar-refractivity contribution in [1.82, 2.24) is 14.9 Å². The van der Waals surface area contributed by atoms with E-state index in [1.54, 1.807) is 11.3 Å². The Morgan fingerprint density at radius 2 is 2.17 bits per heavy atom. The van der Waals surface area contributed by atoms with Crippen LogP contribution in [-0.2, 0) is 12.8 Å². The van der Waals surface area contributed by atoms with Crippen molar-refractivity contribution in [3.63, 3.8) is 0 Å². The van der Waals surface area contributed by atoms with Gasteiger partial charge in [-0.3, -0.25) is 4.90 Å². The van der Waals surface area contributed by atoms with Gasteiger partial charge in [0, 0.05) is 42.6 Å². The second-order valence-electron chi connectivity index (χ2n) is 5.95. The molecule has 4 rings (SSSR count). The molecule has 1 aliphatic heterocycles. The normalized spacial score (nSPS) is 16.0. The first-order valence-corrected chi connectivity index (χ1v) is 8.80. The van der Waals surface area contributed by atoms with Crippen LogP contribution in [0.15, 0.2) is 36.5 Å². The molecule has 3 heterocycles. The molecule has 1 aliphatic rings. The number of nitrogens with two attached hydrogens (primary N) is 1. The summed E-state index contributed by atoms with van der Waals surface area (Å²) in [6.07, 6.45) is 8.52. The highest BCUT2D eigenvalue weighted by Crippen LogP contribution is 2.24. The van der Waals surface area contributed by atoms with Gasteiger partial charge in [0.05, 0.1) is 5.69 Å². The summed E-state index contributed by atoms with van der Waals surface area (Å²) in [4.78, 5) is 11.5. The number of nitrogen functional groups attached to an aromatic ring is 1. The maximum absolute atomic E-state index is 5.80. The maximum Gasteiger partial charge on any atom is 0.180 e. The van der Waals surface area contributed by atoms with Gasteiger partial charge in [0.2, 0.25) is 0 Å². The lowest BCUT2D eigenvalue weighted by Crippen LogP contribution is -2.26. The highest BCUT2D eigenvalue weighted by molar-refractivity contribution is 7.15. The number of aromatic nitrogens is 2. The van der Waals surface area contributed by atoms with E-state index in [1.807, 2.05) is 6.20 Å². The molecule has 0 unspecified atom stereocenters. The molecule has 0 amide bonds. The summed E-state index contributed by atoms with van der Waals surface area (Å²) >= 11 is 1.65. The number of nitrogens with one attached hydrogen (secondary N) is 1. The van der Waals surface area contributed by atoms with Crippen LogP contribution in [0.2, 0.25) is 0 Å². The van der Waals surface area contributed by atoms with Crippen LogP contribution >= 0.6 is 11.3 Å². The van der Waals surface area contributed by atoms with Gasteiger partial charge in [-0.2, -0.15) is 0 Å². The summed E-state index contributed by atoms with van der Waals surface area (Å²) < 4.78 is 0. The van der Waals surface area contributed by atoms with Gasteiger partial charge in [0.15, 0.2) is 5.13 Å². The Kier molecular flexibility index (Phi) is 3.89. The van der Waals surface area contributed by atoms with Gasteiger partial charge in [-0.15, -0.1) is 11.3 Å². The van der Waals surface area contributed by atoms with E-state index in [9.17, 15) is 0 Å². The number of thiazole rings is 1. The highest BCUT2D eigenvalue weighted by atomic mass is 32.1. The lowest BCUT2D eigenvalue weighted by atomic mass is 10.1. The number of hydrogen-bond acceptors (Lipinski definition) is 4. The molecule has 4 nitrogen and oxygen atoms in total. The van der Waals surface area contributed by atoms with E-state index in [-0.39, 0.29) is 0 Å². The molecule has 3 aromatic rings. The van der Waals surface area contributed by atoms with Gasteiger partial charge in [-0.1, -0.05) is 18.2 Å². The van der Waals surface area contributed by atoms with Crippen molar-refractivity contribution < 1.29 is 0 Å². The summed E-state index contributed by atoms with van der Waals surface area (Å²) in [5.41, 5.74) is 9.44. The van der Waals surface area contributed by atoms with E-state index in [0.717, 1.165) is 32.5 Å². The van der Waals surface area contributed by atoms with Gasteiger partial charge < -0.3 is 10.7 Å². The van der Waals surface area contributed by atoms with Crippen LogP contribution in [0.5, 0.6) is 0 Å². The Morgan fingerprint density at radius 3 is 3.13 bits per heavy atom. The lowest BCUT2D eigenvalue weighted by Gasteiger charge is -2.17. The Hall–Kier alpha value is -2.11. The van der Waals surface area contributed by atoms with Gasteiger partial charge in [0.25, 0.3) is 0 Å². The van der Waals surface area contributed by atoms with E-state index in [0.29, 0.717) is 5.13 Å². The molecule has 1 aromatic carbocycles. The van der Waals surface area contributed by atoms with Crippen molar-refractivity contribution in [1.29, 1.82) is 0 Å². The van der Waals surface area contributed by atoms with Crippen LogP contribution < -0.4 is 5.73 Å². The third kappa shape index (κ3) is 3.16. The molecule has 0 saturated carbocycles. The molecule has 118 valence electrons. The first-order chi connectivity index (χ1) is 11.3. The fraction of sp³-hybridized carbons (Fsp3) is 0.278. The zero-order valence-electron chi connectivity index (χ0n) is 13.0. The highest BCUT2D eigenvalue weighted by Gasteiger charge is 2.16. The summed E-state index contributed by atoms with van der Waals surface area (Å²) in [6.45, 7) is 3.11. The molecule has 0 fully saturated rings. The molecule has 0 spiro atoms. The molecule has 2 aromatic heterocycles. The number of fused-ring (bicyclic) bond motifs is 2. The minimum Gasteiger partial charge on any atom is -0.375 e. The smallest absolute Gasteiger partial charge is 0.180 e. The summed E-state index contributed by atoms with van der Waals surface area (Å²) in [7, 11) is 0. The van der Waals surface area contributed by atoms with E-state index in [1.165, 1.54) is 27.0 Å². The summed E-state index contributed by atoms with van der Waals surface area (Å²) in [5.74, 6) is 0. The molecule has 0 bridgehead atoms. The Bertz CT molecular complexity index is 820. The van der Waals surface area contributed by atoms with Crippen LogP contribution in [0.1, 0.15) is 16.1 Å². The fourth-order valence-electron chi connectivity index (χ4n) is 3.13. The molecule has 3 N–H and O–H groups in total. The molecular weight excluding hydrogens is 304 g/mol. The number of anilines is 1. The first-order valence-electron chi connectivity index (χ1n) is 7.98. The molecule has 5 heteroatoms. The Balaban J connectivity index is 1.38. The number of H-pyrrole nitrogens is 1. The third-order valence-corrected chi connectivity index (χ3v) is 5.35. The molecule has 0 atom stereocenters. The van der Waals surface area contributed by atoms with E-state index >= 15 is 0 Å². The molecular formula is C18H20N4S. The summed E-state index contributed by atoms with van der Waals surface area (Å²) in [6, 6.07) is 8.62. The van der Waals surface area contributed by atoms with Crippen molar-refractivity contribution in [2.45, 2.75) is 12.8 Å². The fourth-order valence-corrected chi connectivity index (χ4v) is 3.99. The third-order valence-electron chi connectivity index (χ3n) is 4.37. The molecule has 23 heavy (non-hydrogen) atoms. The Labute approximate surface area is 139 Å². The van der Waals surface area contributed by atoms with Crippen molar-refractivity contribution >= 4 is 33.4 Å². The zero-order valence-corrected chi connectivity index (χ0v) is 13.8. The SMILES string of the molecule is Nc1nc2c(s1)CCN(CC=Cc1ccc3[nH]ccc3c1)CC2. The second kappa shape index (κ2) is 6.18. The average molecular weight is 324 g/mol. The zero-order chi connectivity index (χ0) is 15.6. The largest absolute Gasteiger partial charge is 0.375 e. The van der Waals surface area contributed by atoms with Crippen molar-refractivity contribution in [2.75, 3.05) is 25.4 Å². The minimum absolute atomic E-state index is 0.712. The predicted octanol–water partition coefficient (Wildman–Crippen LogP) is 3.32. The Morgan fingerprint density at radius 1 is 1.26 bits per heavy atom. The van der Waals surface area contributed by atoms with Crippen molar-refractivity contribution in [2.24, 2.45) is 0 Å². The quantitative estimate of drug-likeness (QED) is 0.777. The lowest BCUT2D eigenvalue weighted by molar-refractivity contribution is 0.318. The van der Waals surface area contributed by atoms with Crippen LogP contribution in [0.4, 0.5) is 5.13 Å². The number of aromatic amines is 1. The van der Waals surface area contributed by atoms with Crippen molar-refractivity contribution in [3.8, 4) is 0 Å². The predicted molar refractivity (Wildman–Crippen MR) is 97.7 cm³/mol. The van der Waals surface area contributed by atoms with Gasteiger partial charge in [-0.25, -0.2) is 4.98 Å². The number of nitrogens with zero attached hydrogens (tertiary/aromatic N) is 2. The van der Waals surface area contributed by atoms with E-state index in [2.05, 4.69) is 51.3 Å². The van der Waals surface area contributed by atoms with Crippen LogP contribution in [-0.4, -0.2) is 34.5 Å². The molecule has 0 aliphatic carbocycles. The number of benzene rings is 1. The van der Waals surface area contributed by atoms with Gasteiger partial charge in [-0.05, 0) is 35.6 Å². The number of rotatable bonds is 3. The average Bonchev–Trinajstić information content (AvgIpc) is 3.10. The van der Waals surface area contributed by atoms with Gasteiger partial charge in [0.1, 0.15) is 0 Å². The topological polar surface area (TPSA) is 57.9 Å². The first kappa shape index (κ1) is 14.5.